The van der Waals surface area contributed by atoms with Crippen LogP contribution in [0.25, 0.3) is 10.9 Å². The van der Waals surface area contributed by atoms with Crippen LogP contribution in [0.4, 0.5) is 0 Å². The van der Waals surface area contributed by atoms with Crippen molar-refractivity contribution in [1.82, 2.24) is 20.5 Å². The number of para-hydroxylation sites is 1. The number of carbonyl (C=O) groups excluding carboxylic acids is 3. The van der Waals surface area contributed by atoms with E-state index in [4.69, 9.17) is 0 Å². The molecule has 0 bridgehead atoms. The topological polar surface area (TPSA) is 94.3 Å². The molecule has 4 atom stereocenters. The number of aromatic nitrogens is 1. The van der Waals surface area contributed by atoms with Crippen LogP contribution >= 0.6 is 0 Å². The molecule has 0 radical (unpaired) electrons. The molecule has 2 aliphatic rings. The van der Waals surface area contributed by atoms with Gasteiger partial charge < -0.3 is 20.5 Å². The number of carbonyl (C=O) groups is 3. The van der Waals surface area contributed by atoms with Gasteiger partial charge in [0.05, 0.1) is 6.04 Å². The van der Waals surface area contributed by atoms with Crippen LogP contribution in [0.1, 0.15) is 67.3 Å². The van der Waals surface area contributed by atoms with Crippen LogP contribution in [0.5, 0.6) is 0 Å². The molecule has 3 aromatic rings. The molecule has 0 spiro atoms. The van der Waals surface area contributed by atoms with Crippen molar-refractivity contribution in [3.8, 4) is 0 Å². The van der Waals surface area contributed by atoms with Crippen LogP contribution in [0.15, 0.2) is 48.5 Å². The third kappa shape index (κ3) is 3.79. The lowest BCUT2D eigenvalue weighted by molar-refractivity contribution is -0.133. The number of fused-ring (bicyclic) bond motifs is 7. The molecule has 0 fully saturated rings. The van der Waals surface area contributed by atoms with Gasteiger partial charge in [0.15, 0.2) is 0 Å². The molecule has 35 heavy (non-hydrogen) atoms. The zero-order valence-electron chi connectivity index (χ0n) is 20.6. The molecule has 2 aliphatic heterocycles. The second-order valence-corrected chi connectivity index (χ2v) is 10.0. The Balaban J connectivity index is 1.54. The molecule has 3 amide bonds. The van der Waals surface area contributed by atoms with Crippen molar-refractivity contribution in [2.45, 2.75) is 64.7 Å². The fourth-order valence-electron chi connectivity index (χ4n) is 5.36. The van der Waals surface area contributed by atoms with Crippen LogP contribution in [0.2, 0.25) is 0 Å². The maximum Gasteiger partial charge on any atom is 0.255 e. The average molecular weight is 473 g/mol. The Labute approximate surface area is 205 Å². The quantitative estimate of drug-likeness (QED) is 0.511. The van der Waals surface area contributed by atoms with Crippen LogP contribution in [-0.2, 0) is 16.0 Å². The molecule has 1 aromatic heterocycles. The maximum absolute atomic E-state index is 13.8. The second-order valence-electron chi connectivity index (χ2n) is 10.0. The Kier molecular flexibility index (Phi) is 5.87. The Bertz CT molecular complexity index is 1310. The molecule has 7 nitrogen and oxygen atoms in total. The Hall–Kier alpha value is -3.61. The normalized spacial score (nSPS) is 20.3. The molecule has 0 saturated heterocycles. The highest BCUT2D eigenvalue weighted by Crippen LogP contribution is 2.46. The highest BCUT2D eigenvalue weighted by molar-refractivity contribution is 6.04. The van der Waals surface area contributed by atoms with Gasteiger partial charge in [-0.3, -0.25) is 14.4 Å². The van der Waals surface area contributed by atoms with E-state index in [9.17, 15) is 14.4 Å². The minimum Gasteiger partial charge on any atom is -0.356 e. The van der Waals surface area contributed by atoms with Gasteiger partial charge in [-0.05, 0) is 42.5 Å². The first kappa shape index (κ1) is 23.1. The Morgan fingerprint density at radius 2 is 1.77 bits per heavy atom. The maximum atomic E-state index is 13.8. The molecular weight excluding hydrogens is 440 g/mol. The fraction of sp³-hybridized carbons (Fsp3) is 0.393. The molecule has 3 N–H and O–H groups in total. The summed E-state index contributed by atoms with van der Waals surface area (Å²) in [5.41, 5.74) is 4.53. The smallest absolute Gasteiger partial charge is 0.255 e. The SMILES string of the molecule is CC[C@H](C)NC(=O)[C@@H](NC(=O)[C@@H]1Cc2c([nH]c3ccccc23)[C@@H]2c3ccccc3C(=O)N21)C(C)C. The first-order valence-electron chi connectivity index (χ1n) is 12.4. The van der Waals surface area contributed by atoms with Crippen molar-refractivity contribution >= 4 is 28.6 Å². The van der Waals surface area contributed by atoms with E-state index in [1.165, 1.54) is 0 Å². The van der Waals surface area contributed by atoms with Crippen molar-refractivity contribution in [3.05, 3.63) is 70.9 Å². The standard InChI is InChI=1S/C28H32N4O3/c1-5-16(4)29-27(34)23(15(2)3)31-26(33)22-14-20-17-10-8-9-13-21(17)30-24(20)25-18-11-6-7-12-19(18)28(35)32(22)25/h6-13,15-16,22-23,25,30H,5,14H2,1-4H3,(H,29,34)(H,31,33)/t16-,22-,23-,25-/m0/s1. The minimum atomic E-state index is -0.718. The summed E-state index contributed by atoms with van der Waals surface area (Å²) >= 11 is 0. The van der Waals surface area contributed by atoms with E-state index in [-0.39, 0.29) is 35.7 Å². The predicted molar refractivity (Wildman–Crippen MR) is 135 cm³/mol. The number of amides is 3. The van der Waals surface area contributed by atoms with E-state index < -0.39 is 12.1 Å². The lowest BCUT2D eigenvalue weighted by Gasteiger charge is -2.38. The van der Waals surface area contributed by atoms with Crippen molar-refractivity contribution in [2.24, 2.45) is 5.92 Å². The van der Waals surface area contributed by atoms with Gasteiger partial charge in [-0.1, -0.05) is 57.2 Å². The number of hydrogen-bond acceptors (Lipinski definition) is 3. The first-order chi connectivity index (χ1) is 16.8. The van der Waals surface area contributed by atoms with Gasteiger partial charge in [0.2, 0.25) is 11.8 Å². The van der Waals surface area contributed by atoms with Crippen LogP contribution in [-0.4, -0.2) is 45.7 Å². The zero-order valence-corrected chi connectivity index (χ0v) is 20.6. The first-order valence-corrected chi connectivity index (χ1v) is 12.4. The molecule has 0 saturated carbocycles. The summed E-state index contributed by atoms with van der Waals surface area (Å²) < 4.78 is 0. The summed E-state index contributed by atoms with van der Waals surface area (Å²) in [5, 5.41) is 7.04. The van der Waals surface area contributed by atoms with E-state index in [1.54, 1.807) is 4.90 Å². The van der Waals surface area contributed by atoms with Gasteiger partial charge >= 0.3 is 0 Å². The van der Waals surface area contributed by atoms with Gasteiger partial charge in [0.25, 0.3) is 5.91 Å². The molecule has 2 aromatic carbocycles. The van der Waals surface area contributed by atoms with Crippen molar-refractivity contribution in [1.29, 1.82) is 0 Å². The molecule has 182 valence electrons. The summed E-state index contributed by atoms with van der Waals surface area (Å²) in [4.78, 5) is 45.5. The monoisotopic (exact) mass is 472 g/mol. The van der Waals surface area contributed by atoms with Crippen LogP contribution < -0.4 is 10.6 Å². The summed E-state index contributed by atoms with van der Waals surface area (Å²) in [6.07, 6.45) is 1.19. The lowest BCUT2D eigenvalue weighted by atomic mass is 9.89. The molecule has 7 heteroatoms. The van der Waals surface area contributed by atoms with Gasteiger partial charge in [-0.15, -0.1) is 0 Å². The summed E-state index contributed by atoms with van der Waals surface area (Å²) in [6.45, 7) is 7.78. The summed E-state index contributed by atoms with van der Waals surface area (Å²) in [7, 11) is 0. The van der Waals surface area contributed by atoms with Crippen LogP contribution in [0, 0.1) is 5.92 Å². The Morgan fingerprint density at radius 3 is 2.51 bits per heavy atom. The highest BCUT2D eigenvalue weighted by atomic mass is 16.2. The van der Waals surface area contributed by atoms with E-state index in [1.807, 2.05) is 70.2 Å². The Morgan fingerprint density at radius 1 is 1.06 bits per heavy atom. The molecule has 0 aliphatic carbocycles. The second kappa shape index (κ2) is 8.87. The van der Waals surface area contributed by atoms with Crippen molar-refractivity contribution < 1.29 is 14.4 Å². The highest BCUT2D eigenvalue weighted by Gasteiger charge is 2.49. The van der Waals surface area contributed by atoms with Gasteiger partial charge in [-0.2, -0.15) is 0 Å². The van der Waals surface area contributed by atoms with E-state index in [0.717, 1.165) is 34.1 Å². The summed E-state index contributed by atoms with van der Waals surface area (Å²) in [6, 6.07) is 13.8. The molecule has 0 unspecified atom stereocenters. The number of rotatable bonds is 6. The van der Waals surface area contributed by atoms with Crippen molar-refractivity contribution in [3.63, 3.8) is 0 Å². The van der Waals surface area contributed by atoms with Gasteiger partial charge in [-0.25, -0.2) is 0 Å². The zero-order chi connectivity index (χ0) is 24.9. The van der Waals surface area contributed by atoms with Gasteiger partial charge in [0.1, 0.15) is 12.1 Å². The molecule has 3 heterocycles. The van der Waals surface area contributed by atoms with Crippen molar-refractivity contribution in [2.75, 3.05) is 0 Å². The fourth-order valence-corrected chi connectivity index (χ4v) is 5.36. The van der Waals surface area contributed by atoms with Gasteiger partial charge in [0, 0.05) is 34.6 Å². The summed E-state index contributed by atoms with van der Waals surface area (Å²) in [5.74, 6) is -0.748. The number of aromatic amines is 1. The average Bonchev–Trinajstić information content (AvgIpc) is 3.37. The lowest BCUT2D eigenvalue weighted by Crippen LogP contribution is -2.58. The number of nitrogens with zero attached hydrogens (tertiary/aromatic N) is 1. The number of hydrogen-bond donors (Lipinski definition) is 3. The number of benzene rings is 2. The third-order valence-corrected chi connectivity index (χ3v) is 7.40. The van der Waals surface area contributed by atoms with E-state index in [2.05, 4.69) is 21.7 Å². The van der Waals surface area contributed by atoms with E-state index >= 15 is 0 Å². The molecular formula is C28H32N4O3. The number of H-pyrrole nitrogens is 1. The largest absolute Gasteiger partial charge is 0.356 e. The predicted octanol–water partition coefficient (Wildman–Crippen LogP) is 3.69. The third-order valence-electron chi connectivity index (χ3n) is 7.40. The van der Waals surface area contributed by atoms with Crippen LogP contribution in [0.3, 0.4) is 0 Å². The molecule has 5 rings (SSSR count). The number of nitrogens with one attached hydrogen (secondary N) is 3. The minimum absolute atomic E-state index is 0.0168. The van der Waals surface area contributed by atoms with E-state index in [0.29, 0.717) is 12.0 Å².